The lowest BCUT2D eigenvalue weighted by Crippen LogP contribution is -2.30. The van der Waals surface area contributed by atoms with Crippen molar-refractivity contribution in [2.45, 2.75) is 63.7 Å². The molecule has 2 aromatic carbocycles. The minimum atomic E-state index is -0.975. The van der Waals surface area contributed by atoms with Crippen LogP contribution in [0.4, 0.5) is 0 Å². The number of benzene rings is 2. The van der Waals surface area contributed by atoms with E-state index in [9.17, 15) is 15.0 Å². The van der Waals surface area contributed by atoms with Gasteiger partial charge in [0.25, 0.3) is 0 Å². The van der Waals surface area contributed by atoms with Crippen LogP contribution in [0.1, 0.15) is 40.0 Å². The van der Waals surface area contributed by atoms with Gasteiger partial charge in [-0.05, 0) is 44.0 Å². The molecular weight excluding hydrogens is 530 g/mol. The molecule has 2 atom stereocenters. The maximum atomic E-state index is 11.1. The van der Waals surface area contributed by atoms with Gasteiger partial charge in [-0.15, -0.1) is 0 Å². The van der Waals surface area contributed by atoms with Crippen LogP contribution < -0.4 is 4.74 Å². The third-order valence-electron chi connectivity index (χ3n) is 6.10. The number of hydrogen-bond donors (Lipinski definition) is 2. The Hall–Kier alpha value is -2.82. The van der Waals surface area contributed by atoms with Crippen molar-refractivity contribution in [1.82, 2.24) is 4.57 Å². The van der Waals surface area contributed by atoms with E-state index in [4.69, 9.17) is 18.4 Å². The van der Waals surface area contributed by atoms with Crippen LogP contribution in [0.3, 0.4) is 0 Å². The number of rotatable bonds is 18. The molecule has 8 nitrogen and oxygen atoms in total. The largest absolute Gasteiger partial charge is 0.491 e. The van der Waals surface area contributed by atoms with Crippen LogP contribution in [0.5, 0.6) is 5.75 Å². The van der Waals surface area contributed by atoms with Crippen LogP contribution in [-0.4, -0.2) is 64.3 Å². The monoisotopic (exact) mass is 571 g/mol. The number of esters is 1. The van der Waals surface area contributed by atoms with Crippen LogP contribution in [0.15, 0.2) is 67.3 Å². The number of aryl methyl sites for hydroxylation is 1. The smallest absolute Gasteiger partial charge is 0.330 e. The molecule has 0 saturated heterocycles. The maximum Gasteiger partial charge on any atom is 0.330 e. The lowest BCUT2D eigenvalue weighted by atomic mass is 10.1. The van der Waals surface area contributed by atoms with Gasteiger partial charge in [-0.3, -0.25) is 0 Å². The number of carbonyl (C=O) groups is 1. The Balaban J connectivity index is 1.51. The molecule has 0 spiro atoms. The molecule has 1 heterocycles. The summed E-state index contributed by atoms with van der Waals surface area (Å²) in [6.07, 6.45) is 2.63. The first-order chi connectivity index (χ1) is 19.2. The van der Waals surface area contributed by atoms with Gasteiger partial charge in [-0.2, -0.15) is 0 Å². The summed E-state index contributed by atoms with van der Waals surface area (Å²) in [5, 5.41) is 21.5. The SMILES string of the molecule is C=CC(=O)OCC(O)COC(C)(C)SOCC(O)COc1ccc2cc(-c3ccccc3)n(CCCCC)c2c1. The van der Waals surface area contributed by atoms with E-state index in [0.29, 0.717) is 5.75 Å². The number of aliphatic hydroxyl groups is 2. The highest BCUT2D eigenvalue weighted by atomic mass is 32.2. The Labute approximate surface area is 241 Å². The minimum absolute atomic E-state index is 0.0325. The molecular formula is C31H41NO7S. The van der Waals surface area contributed by atoms with E-state index in [1.54, 1.807) is 13.8 Å². The first-order valence-electron chi connectivity index (χ1n) is 13.6. The van der Waals surface area contributed by atoms with Gasteiger partial charge in [0.05, 0.1) is 18.7 Å². The zero-order chi connectivity index (χ0) is 29.0. The predicted molar refractivity (Wildman–Crippen MR) is 159 cm³/mol. The van der Waals surface area contributed by atoms with Gasteiger partial charge in [-0.25, -0.2) is 4.79 Å². The Kier molecular flexibility index (Phi) is 12.5. The van der Waals surface area contributed by atoms with Crippen molar-refractivity contribution in [3.63, 3.8) is 0 Å². The van der Waals surface area contributed by atoms with Crippen LogP contribution in [-0.2, 0) is 25.0 Å². The van der Waals surface area contributed by atoms with Crippen molar-refractivity contribution in [1.29, 1.82) is 0 Å². The number of carbonyl (C=O) groups excluding carboxylic acids is 1. The Bertz CT molecular complexity index is 1210. The molecule has 0 saturated carbocycles. The molecule has 0 aliphatic heterocycles. The standard InChI is InChI=1S/C31H41NO7S/c1-5-7-11-16-32-28(23-12-9-8-10-13-23)17-24-14-15-27(18-29(24)32)36-19-26(34)22-39-40-31(3,4)38-21-25(33)20-37-30(35)6-2/h6,8-10,12-15,17-18,25-26,33-34H,2,5,7,11,16,19-22H2,1,3-4H3. The van der Waals surface area contributed by atoms with Gasteiger partial charge < -0.3 is 33.2 Å². The van der Waals surface area contributed by atoms with Crippen molar-refractivity contribution in [3.05, 3.63) is 67.3 Å². The first-order valence-corrected chi connectivity index (χ1v) is 14.4. The first kappa shape index (κ1) is 31.7. The van der Waals surface area contributed by atoms with Gasteiger partial charge in [0.2, 0.25) is 0 Å². The molecule has 218 valence electrons. The molecule has 40 heavy (non-hydrogen) atoms. The second-order valence-corrected chi connectivity index (χ2v) is 11.4. The van der Waals surface area contributed by atoms with Gasteiger partial charge in [0.15, 0.2) is 0 Å². The molecule has 2 N–H and O–H groups in total. The molecule has 0 aliphatic rings. The topological polar surface area (TPSA) is 99.4 Å². The molecule has 0 amide bonds. The summed E-state index contributed by atoms with van der Waals surface area (Å²) in [6.45, 7) is 9.85. The number of aliphatic hydroxyl groups excluding tert-OH is 2. The molecule has 0 bridgehead atoms. The zero-order valence-electron chi connectivity index (χ0n) is 23.6. The van der Waals surface area contributed by atoms with E-state index in [-0.39, 0.29) is 26.4 Å². The third kappa shape index (κ3) is 9.98. The highest BCUT2D eigenvalue weighted by Crippen LogP contribution is 2.31. The van der Waals surface area contributed by atoms with E-state index in [0.717, 1.165) is 48.4 Å². The van der Waals surface area contributed by atoms with E-state index in [1.165, 1.54) is 17.7 Å². The number of ether oxygens (including phenoxy) is 3. The van der Waals surface area contributed by atoms with Crippen molar-refractivity contribution in [3.8, 4) is 17.0 Å². The van der Waals surface area contributed by atoms with Crippen molar-refractivity contribution >= 4 is 28.9 Å². The van der Waals surface area contributed by atoms with Gasteiger partial charge >= 0.3 is 5.97 Å². The van der Waals surface area contributed by atoms with Crippen molar-refractivity contribution in [2.75, 3.05) is 26.4 Å². The average Bonchev–Trinajstić information content (AvgIpc) is 3.32. The number of unbranched alkanes of at least 4 members (excludes halogenated alkanes) is 2. The van der Waals surface area contributed by atoms with E-state index in [1.807, 2.05) is 18.2 Å². The highest BCUT2D eigenvalue weighted by molar-refractivity contribution is 7.95. The Morgan fingerprint density at radius 2 is 1.77 bits per heavy atom. The van der Waals surface area contributed by atoms with E-state index >= 15 is 0 Å². The summed E-state index contributed by atoms with van der Waals surface area (Å²) >= 11 is 1.04. The number of nitrogens with zero attached hydrogens (tertiary/aromatic N) is 1. The quantitative estimate of drug-likeness (QED) is 0.0655. The number of hydrogen-bond acceptors (Lipinski definition) is 8. The average molecular weight is 572 g/mol. The number of aromatic nitrogens is 1. The second kappa shape index (κ2) is 15.8. The Morgan fingerprint density at radius 1 is 1.02 bits per heavy atom. The number of fused-ring (bicyclic) bond motifs is 1. The second-order valence-electron chi connectivity index (χ2n) is 10.0. The lowest BCUT2D eigenvalue weighted by molar-refractivity contribution is -0.142. The molecule has 9 heteroatoms. The van der Waals surface area contributed by atoms with Crippen molar-refractivity contribution < 1.29 is 33.4 Å². The summed E-state index contributed by atoms with van der Waals surface area (Å²) < 4.78 is 24.3. The molecule has 2 unspecified atom stereocenters. The molecule has 0 radical (unpaired) electrons. The van der Waals surface area contributed by atoms with Crippen LogP contribution >= 0.6 is 12.0 Å². The van der Waals surface area contributed by atoms with E-state index < -0.39 is 23.1 Å². The van der Waals surface area contributed by atoms with Crippen LogP contribution in [0.2, 0.25) is 0 Å². The van der Waals surface area contributed by atoms with Crippen molar-refractivity contribution in [2.24, 2.45) is 0 Å². The van der Waals surface area contributed by atoms with Gasteiger partial charge in [0.1, 0.15) is 36.1 Å². The predicted octanol–water partition coefficient (Wildman–Crippen LogP) is 5.75. The summed E-state index contributed by atoms with van der Waals surface area (Å²) in [5.41, 5.74) is 3.47. The van der Waals surface area contributed by atoms with Gasteiger partial charge in [-0.1, -0.05) is 56.7 Å². The summed E-state index contributed by atoms with van der Waals surface area (Å²) in [4.78, 5) is 10.3. The molecule has 3 aromatic rings. The normalized spacial score (nSPS) is 13.2. The van der Waals surface area contributed by atoms with Gasteiger partial charge in [0, 0.05) is 41.8 Å². The zero-order valence-corrected chi connectivity index (χ0v) is 24.4. The lowest BCUT2D eigenvalue weighted by Gasteiger charge is -2.25. The van der Waals surface area contributed by atoms with Crippen LogP contribution in [0, 0.1) is 0 Å². The van der Waals surface area contributed by atoms with Crippen LogP contribution in [0.25, 0.3) is 22.2 Å². The fraction of sp³-hybridized carbons (Fsp3) is 0.452. The van der Waals surface area contributed by atoms with E-state index in [2.05, 4.69) is 54.5 Å². The summed E-state index contributed by atoms with van der Waals surface area (Å²) in [7, 11) is 0. The summed E-state index contributed by atoms with van der Waals surface area (Å²) in [6, 6.07) is 18.6. The molecule has 0 aliphatic carbocycles. The molecule has 3 rings (SSSR count). The maximum absolute atomic E-state index is 11.1. The fourth-order valence-electron chi connectivity index (χ4n) is 4.03. The Morgan fingerprint density at radius 3 is 2.50 bits per heavy atom. The summed E-state index contributed by atoms with van der Waals surface area (Å²) in [5.74, 6) is 0.0773. The third-order valence-corrected chi connectivity index (χ3v) is 6.87. The minimum Gasteiger partial charge on any atom is -0.491 e. The highest BCUT2D eigenvalue weighted by Gasteiger charge is 2.23. The molecule has 1 aromatic heterocycles. The molecule has 0 fully saturated rings. The fourth-order valence-corrected chi connectivity index (χ4v) is 4.66.